The molecule has 0 saturated heterocycles. The van der Waals surface area contributed by atoms with Crippen LogP contribution in [0.5, 0.6) is 0 Å². The average molecular weight is 399 g/mol. The molecule has 0 saturated carbocycles. The summed E-state index contributed by atoms with van der Waals surface area (Å²) < 4.78 is 1.54. The van der Waals surface area contributed by atoms with Crippen molar-refractivity contribution in [2.75, 3.05) is 5.32 Å². The Bertz CT molecular complexity index is 1240. The zero-order chi connectivity index (χ0) is 21.1. The number of carbonyl (C=O) groups excluding carboxylic acids is 2. The second-order valence-electron chi connectivity index (χ2n) is 6.98. The van der Waals surface area contributed by atoms with Gasteiger partial charge in [-0.05, 0) is 24.1 Å². The van der Waals surface area contributed by atoms with E-state index in [4.69, 9.17) is 0 Å². The van der Waals surface area contributed by atoms with Gasteiger partial charge in [0.25, 0.3) is 0 Å². The molecule has 2 N–H and O–H groups in total. The Labute approximate surface area is 173 Å². The number of pyridine rings is 1. The third-order valence-corrected chi connectivity index (χ3v) is 4.90. The molecule has 7 nitrogen and oxygen atoms in total. The number of amides is 2. The molecule has 2 amide bonds. The van der Waals surface area contributed by atoms with Gasteiger partial charge in [0, 0.05) is 36.8 Å². The maximum absolute atomic E-state index is 12.4. The van der Waals surface area contributed by atoms with E-state index >= 15 is 0 Å². The van der Waals surface area contributed by atoms with E-state index < -0.39 is 11.8 Å². The summed E-state index contributed by atoms with van der Waals surface area (Å²) in [6.45, 7) is 2.21. The Morgan fingerprint density at radius 1 is 1.00 bits per heavy atom. The SMILES string of the molecule is Cc1ccccc1-c1cc(NC(=O)C(=O)NCc2cccc3cccnc23)n(C)n1. The zero-order valence-corrected chi connectivity index (χ0v) is 16.7. The van der Waals surface area contributed by atoms with Crippen LogP contribution in [0.3, 0.4) is 0 Å². The third kappa shape index (κ3) is 3.91. The number of rotatable bonds is 4. The maximum atomic E-state index is 12.4. The van der Waals surface area contributed by atoms with Gasteiger partial charge in [-0.2, -0.15) is 5.10 Å². The molecule has 0 spiro atoms. The van der Waals surface area contributed by atoms with E-state index in [2.05, 4.69) is 20.7 Å². The van der Waals surface area contributed by atoms with Crippen LogP contribution in [0.15, 0.2) is 66.9 Å². The van der Waals surface area contributed by atoms with Crippen LogP contribution < -0.4 is 10.6 Å². The van der Waals surface area contributed by atoms with Gasteiger partial charge in [-0.1, -0.05) is 48.5 Å². The standard InChI is InChI=1S/C23H21N5O2/c1-15-7-3-4-11-18(15)19-13-20(28(2)27-19)26-23(30)22(29)25-14-17-9-5-8-16-10-6-12-24-21(16)17/h3-13H,14H2,1-2H3,(H,25,29)(H,26,30). The minimum absolute atomic E-state index is 0.209. The van der Waals surface area contributed by atoms with Gasteiger partial charge in [0.15, 0.2) is 0 Å². The minimum atomic E-state index is -0.748. The number of fused-ring (bicyclic) bond motifs is 1. The Morgan fingerprint density at radius 2 is 1.80 bits per heavy atom. The van der Waals surface area contributed by atoms with Crippen molar-refractivity contribution in [1.82, 2.24) is 20.1 Å². The lowest BCUT2D eigenvalue weighted by atomic mass is 10.1. The van der Waals surface area contributed by atoms with Gasteiger partial charge in [-0.15, -0.1) is 0 Å². The lowest BCUT2D eigenvalue weighted by molar-refractivity contribution is -0.136. The van der Waals surface area contributed by atoms with Gasteiger partial charge in [0.1, 0.15) is 5.82 Å². The Morgan fingerprint density at radius 3 is 2.63 bits per heavy atom. The number of aryl methyl sites for hydroxylation is 2. The fourth-order valence-electron chi connectivity index (χ4n) is 3.32. The molecule has 0 atom stereocenters. The molecule has 0 aliphatic heterocycles. The zero-order valence-electron chi connectivity index (χ0n) is 16.7. The van der Waals surface area contributed by atoms with E-state index in [0.29, 0.717) is 5.82 Å². The van der Waals surface area contributed by atoms with E-state index in [1.54, 1.807) is 24.0 Å². The van der Waals surface area contributed by atoms with Gasteiger partial charge in [0.2, 0.25) is 0 Å². The van der Waals surface area contributed by atoms with Crippen LogP contribution in [0, 0.1) is 6.92 Å². The molecular weight excluding hydrogens is 378 g/mol. The molecule has 4 aromatic rings. The summed E-state index contributed by atoms with van der Waals surface area (Å²) in [6, 6.07) is 19.2. The maximum Gasteiger partial charge on any atom is 0.314 e. The highest BCUT2D eigenvalue weighted by Gasteiger charge is 2.17. The molecule has 0 bridgehead atoms. The molecule has 0 fully saturated rings. The van der Waals surface area contributed by atoms with Crippen molar-refractivity contribution in [3.8, 4) is 11.3 Å². The largest absolute Gasteiger partial charge is 0.344 e. The van der Waals surface area contributed by atoms with Gasteiger partial charge in [0.05, 0.1) is 11.2 Å². The molecular formula is C23H21N5O2. The van der Waals surface area contributed by atoms with Gasteiger partial charge in [-0.3, -0.25) is 19.3 Å². The third-order valence-electron chi connectivity index (χ3n) is 4.90. The molecule has 0 aliphatic carbocycles. The highest BCUT2D eigenvalue weighted by Crippen LogP contribution is 2.24. The molecule has 2 aromatic carbocycles. The minimum Gasteiger partial charge on any atom is -0.344 e. The molecule has 2 heterocycles. The highest BCUT2D eigenvalue weighted by atomic mass is 16.2. The van der Waals surface area contributed by atoms with E-state index in [9.17, 15) is 9.59 Å². The van der Waals surface area contributed by atoms with E-state index in [1.807, 2.05) is 61.5 Å². The van der Waals surface area contributed by atoms with Crippen molar-refractivity contribution in [2.24, 2.45) is 7.05 Å². The van der Waals surface area contributed by atoms with Crippen LogP contribution in [0.2, 0.25) is 0 Å². The van der Waals surface area contributed by atoms with Crippen LogP contribution in [0.1, 0.15) is 11.1 Å². The topological polar surface area (TPSA) is 88.9 Å². The number of para-hydroxylation sites is 1. The lowest BCUT2D eigenvalue weighted by Gasteiger charge is -2.08. The summed E-state index contributed by atoms with van der Waals surface area (Å²) in [5, 5.41) is 10.7. The number of nitrogens with one attached hydrogen (secondary N) is 2. The van der Waals surface area contributed by atoms with Crippen molar-refractivity contribution in [3.63, 3.8) is 0 Å². The monoisotopic (exact) mass is 399 g/mol. The van der Waals surface area contributed by atoms with E-state index in [-0.39, 0.29) is 6.54 Å². The number of hydrogen-bond acceptors (Lipinski definition) is 4. The predicted molar refractivity (Wildman–Crippen MR) is 116 cm³/mol. The smallest absolute Gasteiger partial charge is 0.314 e. The summed E-state index contributed by atoms with van der Waals surface area (Å²) >= 11 is 0. The van der Waals surface area contributed by atoms with Crippen molar-refractivity contribution < 1.29 is 9.59 Å². The first-order chi connectivity index (χ1) is 14.5. The van der Waals surface area contributed by atoms with Crippen LogP contribution in [-0.2, 0) is 23.2 Å². The summed E-state index contributed by atoms with van der Waals surface area (Å²) in [5.41, 5.74) is 4.43. The fourth-order valence-corrected chi connectivity index (χ4v) is 3.32. The van der Waals surface area contributed by atoms with Crippen molar-refractivity contribution >= 4 is 28.5 Å². The number of anilines is 1. The first kappa shape index (κ1) is 19.3. The molecule has 4 rings (SSSR count). The van der Waals surface area contributed by atoms with Crippen molar-refractivity contribution in [3.05, 3.63) is 78.0 Å². The van der Waals surface area contributed by atoms with Crippen LogP contribution in [0.25, 0.3) is 22.2 Å². The van der Waals surface area contributed by atoms with Gasteiger partial charge in [-0.25, -0.2) is 0 Å². The molecule has 150 valence electrons. The number of aromatic nitrogens is 3. The van der Waals surface area contributed by atoms with Crippen molar-refractivity contribution in [2.45, 2.75) is 13.5 Å². The number of carbonyl (C=O) groups is 2. The molecule has 0 radical (unpaired) electrons. The molecule has 2 aromatic heterocycles. The van der Waals surface area contributed by atoms with Crippen LogP contribution in [-0.4, -0.2) is 26.6 Å². The highest BCUT2D eigenvalue weighted by molar-refractivity contribution is 6.39. The van der Waals surface area contributed by atoms with Gasteiger partial charge < -0.3 is 10.6 Å². The molecule has 30 heavy (non-hydrogen) atoms. The number of hydrogen-bond donors (Lipinski definition) is 2. The predicted octanol–water partition coefficient (Wildman–Crippen LogP) is 3.20. The summed E-state index contributed by atoms with van der Waals surface area (Å²) in [5.74, 6) is -1.02. The Balaban J connectivity index is 1.44. The summed E-state index contributed by atoms with van der Waals surface area (Å²) in [4.78, 5) is 29.1. The van der Waals surface area contributed by atoms with Crippen LogP contribution in [0.4, 0.5) is 5.82 Å². The Hall–Kier alpha value is -4.00. The van der Waals surface area contributed by atoms with E-state index in [1.165, 1.54) is 0 Å². The summed E-state index contributed by atoms with van der Waals surface area (Å²) in [7, 11) is 1.72. The second kappa shape index (κ2) is 8.16. The van der Waals surface area contributed by atoms with Crippen molar-refractivity contribution in [1.29, 1.82) is 0 Å². The van der Waals surface area contributed by atoms with E-state index in [0.717, 1.165) is 33.3 Å². The van der Waals surface area contributed by atoms with Gasteiger partial charge >= 0.3 is 11.8 Å². The number of nitrogens with zero attached hydrogens (tertiary/aromatic N) is 3. The molecule has 7 heteroatoms. The Kier molecular flexibility index (Phi) is 5.26. The quantitative estimate of drug-likeness (QED) is 0.516. The molecule has 0 unspecified atom stereocenters. The average Bonchev–Trinajstić information content (AvgIpc) is 3.12. The second-order valence-corrected chi connectivity index (χ2v) is 6.98. The summed E-state index contributed by atoms with van der Waals surface area (Å²) in [6.07, 6.45) is 1.70. The molecule has 0 aliphatic rings. The first-order valence-electron chi connectivity index (χ1n) is 9.55. The lowest BCUT2D eigenvalue weighted by Crippen LogP contribution is -2.35. The van der Waals surface area contributed by atoms with Crippen LogP contribution >= 0.6 is 0 Å². The fraction of sp³-hybridized carbons (Fsp3) is 0.130. The first-order valence-corrected chi connectivity index (χ1v) is 9.55. The normalized spacial score (nSPS) is 10.7. The number of benzene rings is 2.